The van der Waals surface area contributed by atoms with Gasteiger partial charge in [0.25, 0.3) is 0 Å². The lowest BCUT2D eigenvalue weighted by atomic mass is 10.2. The largest absolute Gasteiger partial charge is 0.467 e. The summed E-state index contributed by atoms with van der Waals surface area (Å²) in [7, 11) is 3.92. The highest BCUT2D eigenvalue weighted by Gasteiger charge is 2.06. The normalized spacial score (nSPS) is 10.1. The van der Waals surface area contributed by atoms with Crippen LogP contribution in [0.3, 0.4) is 0 Å². The van der Waals surface area contributed by atoms with Gasteiger partial charge < -0.3 is 25.3 Å². The molecule has 2 rings (SSSR count). The van der Waals surface area contributed by atoms with E-state index in [1.807, 2.05) is 43.3 Å². The zero-order valence-electron chi connectivity index (χ0n) is 13.8. The molecule has 0 unspecified atom stereocenters. The third kappa shape index (κ3) is 5.68. The number of furan rings is 1. The van der Waals surface area contributed by atoms with E-state index in [2.05, 4.69) is 16.0 Å². The molecule has 0 saturated carbocycles. The van der Waals surface area contributed by atoms with Crippen LogP contribution in [-0.2, 0) is 17.9 Å². The third-order valence-electron chi connectivity index (χ3n) is 3.33. The second kappa shape index (κ2) is 8.61. The maximum atomic E-state index is 11.7. The second-order valence-electron chi connectivity index (χ2n) is 5.46. The summed E-state index contributed by atoms with van der Waals surface area (Å²) in [5, 5.41) is 7.89. The first-order valence-corrected chi connectivity index (χ1v) is 7.61. The van der Waals surface area contributed by atoms with Crippen LogP contribution in [0.25, 0.3) is 0 Å². The molecule has 0 aliphatic rings. The zero-order chi connectivity index (χ0) is 17.4. The summed E-state index contributed by atoms with van der Waals surface area (Å²) in [4.78, 5) is 25.4. The number of urea groups is 1. The minimum Gasteiger partial charge on any atom is -0.467 e. The molecule has 2 aromatic rings. The first-order valence-electron chi connectivity index (χ1n) is 7.61. The molecule has 0 saturated heterocycles. The lowest BCUT2D eigenvalue weighted by Gasteiger charge is -2.14. The second-order valence-corrected chi connectivity index (χ2v) is 5.46. The topological polar surface area (TPSA) is 86.6 Å². The summed E-state index contributed by atoms with van der Waals surface area (Å²) < 4.78 is 5.11. The smallest absolute Gasteiger partial charge is 0.315 e. The predicted octanol–water partition coefficient (Wildman–Crippen LogP) is 1.46. The molecular weight excluding hydrogens is 308 g/mol. The fourth-order valence-electron chi connectivity index (χ4n) is 2.01. The van der Waals surface area contributed by atoms with E-state index < -0.39 is 6.03 Å². The molecule has 0 aliphatic carbocycles. The van der Waals surface area contributed by atoms with Crippen LogP contribution in [0.4, 0.5) is 10.5 Å². The van der Waals surface area contributed by atoms with E-state index in [4.69, 9.17) is 4.42 Å². The van der Waals surface area contributed by atoms with E-state index in [-0.39, 0.29) is 12.5 Å². The van der Waals surface area contributed by atoms with E-state index in [0.29, 0.717) is 18.8 Å². The van der Waals surface area contributed by atoms with Crippen LogP contribution in [0, 0.1) is 0 Å². The van der Waals surface area contributed by atoms with Gasteiger partial charge in [-0.15, -0.1) is 0 Å². The Kier molecular flexibility index (Phi) is 6.24. The molecule has 0 spiro atoms. The van der Waals surface area contributed by atoms with Crippen LogP contribution in [0.15, 0.2) is 47.1 Å². The molecule has 128 valence electrons. The summed E-state index contributed by atoms with van der Waals surface area (Å²) in [5.74, 6) is 0.379. The number of nitrogens with one attached hydrogen (secondary N) is 3. The summed E-state index contributed by atoms with van der Waals surface area (Å²) in [5.41, 5.74) is 2.05. The van der Waals surface area contributed by atoms with E-state index in [0.717, 1.165) is 11.3 Å². The highest BCUT2D eigenvalue weighted by Crippen LogP contribution is 2.12. The predicted molar refractivity (Wildman–Crippen MR) is 91.6 cm³/mol. The molecule has 0 atom stereocenters. The van der Waals surface area contributed by atoms with Gasteiger partial charge in [0.1, 0.15) is 5.76 Å². The van der Waals surface area contributed by atoms with Crippen molar-refractivity contribution >= 4 is 17.6 Å². The molecule has 0 bridgehead atoms. The molecule has 24 heavy (non-hydrogen) atoms. The Morgan fingerprint density at radius 2 is 1.88 bits per heavy atom. The minimum absolute atomic E-state index is 0.0930. The van der Waals surface area contributed by atoms with Gasteiger partial charge in [0.2, 0.25) is 5.91 Å². The minimum atomic E-state index is -0.390. The van der Waals surface area contributed by atoms with Crippen molar-refractivity contribution in [1.82, 2.24) is 16.0 Å². The number of nitrogens with zero attached hydrogens (tertiary/aromatic N) is 1. The van der Waals surface area contributed by atoms with Gasteiger partial charge in [-0.05, 0) is 29.8 Å². The SMILES string of the molecule is CN(C)c1cccc(CNC(=O)NCC(=O)NCc2ccco2)c1. The molecule has 0 aliphatic heterocycles. The Hall–Kier alpha value is -2.96. The van der Waals surface area contributed by atoms with Crippen molar-refractivity contribution in [2.75, 3.05) is 25.5 Å². The summed E-state index contributed by atoms with van der Waals surface area (Å²) in [6, 6.07) is 11.0. The van der Waals surface area contributed by atoms with Gasteiger partial charge in [-0.1, -0.05) is 12.1 Å². The quantitative estimate of drug-likeness (QED) is 0.717. The Morgan fingerprint density at radius 1 is 1.04 bits per heavy atom. The molecule has 3 N–H and O–H groups in total. The van der Waals surface area contributed by atoms with Gasteiger partial charge in [0.15, 0.2) is 0 Å². The Morgan fingerprint density at radius 3 is 2.58 bits per heavy atom. The standard InChI is InChI=1S/C17H22N4O3/c1-21(2)14-6-3-5-13(9-14)10-19-17(23)20-12-16(22)18-11-15-7-4-8-24-15/h3-9H,10-12H2,1-2H3,(H,18,22)(H2,19,20,23). The van der Waals surface area contributed by atoms with E-state index >= 15 is 0 Å². The number of carbonyl (C=O) groups excluding carboxylic acids is 2. The summed E-state index contributed by atoms with van der Waals surface area (Å²) >= 11 is 0. The van der Waals surface area contributed by atoms with E-state index in [1.165, 1.54) is 0 Å². The Balaban J connectivity index is 1.67. The maximum absolute atomic E-state index is 11.7. The summed E-state index contributed by atoms with van der Waals surface area (Å²) in [6.45, 7) is 0.596. The number of benzene rings is 1. The van der Waals surface area contributed by atoms with Gasteiger partial charge >= 0.3 is 6.03 Å². The van der Waals surface area contributed by atoms with E-state index in [9.17, 15) is 9.59 Å². The third-order valence-corrected chi connectivity index (χ3v) is 3.33. The number of amides is 3. The monoisotopic (exact) mass is 330 g/mol. The van der Waals surface area contributed by atoms with Crippen molar-refractivity contribution in [3.05, 3.63) is 54.0 Å². The molecular formula is C17H22N4O3. The van der Waals surface area contributed by atoms with Crippen molar-refractivity contribution in [2.24, 2.45) is 0 Å². The van der Waals surface area contributed by atoms with Crippen LogP contribution in [0.1, 0.15) is 11.3 Å². The molecule has 1 aromatic carbocycles. The molecule has 3 amide bonds. The number of anilines is 1. The van der Waals surface area contributed by atoms with Gasteiger partial charge in [-0.2, -0.15) is 0 Å². The van der Waals surface area contributed by atoms with Gasteiger partial charge in [-0.25, -0.2) is 4.79 Å². The Labute approximate surface area is 141 Å². The first-order chi connectivity index (χ1) is 11.5. The van der Waals surface area contributed by atoms with Crippen LogP contribution in [0.5, 0.6) is 0 Å². The molecule has 7 nitrogen and oxygen atoms in total. The van der Waals surface area contributed by atoms with Crippen molar-refractivity contribution in [3.8, 4) is 0 Å². The molecule has 1 aromatic heterocycles. The lowest BCUT2D eigenvalue weighted by molar-refractivity contribution is -0.120. The average Bonchev–Trinajstić information content (AvgIpc) is 3.10. The molecule has 1 heterocycles. The van der Waals surface area contributed by atoms with Crippen molar-refractivity contribution < 1.29 is 14.0 Å². The number of rotatable bonds is 7. The highest BCUT2D eigenvalue weighted by atomic mass is 16.3. The molecule has 0 fully saturated rings. The molecule has 0 radical (unpaired) electrons. The number of hydrogen-bond acceptors (Lipinski definition) is 4. The van der Waals surface area contributed by atoms with Gasteiger partial charge in [0, 0.05) is 26.3 Å². The van der Waals surface area contributed by atoms with Crippen molar-refractivity contribution in [1.29, 1.82) is 0 Å². The number of carbonyl (C=O) groups is 2. The summed E-state index contributed by atoms with van der Waals surface area (Å²) in [6.07, 6.45) is 1.54. The number of hydrogen-bond donors (Lipinski definition) is 3. The maximum Gasteiger partial charge on any atom is 0.315 e. The van der Waals surface area contributed by atoms with Crippen LogP contribution < -0.4 is 20.9 Å². The fraction of sp³-hybridized carbons (Fsp3) is 0.294. The van der Waals surface area contributed by atoms with Crippen molar-refractivity contribution in [2.45, 2.75) is 13.1 Å². The first kappa shape index (κ1) is 17.4. The molecule has 7 heteroatoms. The zero-order valence-corrected chi connectivity index (χ0v) is 13.8. The van der Waals surface area contributed by atoms with Crippen LogP contribution in [0.2, 0.25) is 0 Å². The highest BCUT2D eigenvalue weighted by molar-refractivity contribution is 5.83. The van der Waals surface area contributed by atoms with Crippen LogP contribution in [-0.4, -0.2) is 32.6 Å². The van der Waals surface area contributed by atoms with Crippen LogP contribution >= 0.6 is 0 Å². The Bertz CT molecular complexity index is 668. The van der Waals surface area contributed by atoms with E-state index in [1.54, 1.807) is 18.4 Å². The van der Waals surface area contributed by atoms with Gasteiger partial charge in [-0.3, -0.25) is 4.79 Å². The van der Waals surface area contributed by atoms with Crippen molar-refractivity contribution in [3.63, 3.8) is 0 Å². The lowest BCUT2D eigenvalue weighted by Crippen LogP contribution is -2.41. The average molecular weight is 330 g/mol. The fourth-order valence-corrected chi connectivity index (χ4v) is 2.01. The van der Waals surface area contributed by atoms with Gasteiger partial charge in [0.05, 0.1) is 19.4 Å².